The van der Waals surface area contributed by atoms with Gasteiger partial charge in [0.15, 0.2) is 11.8 Å². The highest BCUT2D eigenvalue weighted by molar-refractivity contribution is 5.79. The smallest absolute Gasteiger partial charge is 0.191 e. The highest BCUT2D eigenvalue weighted by Crippen LogP contribution is 2.22. The van der Waals surface area contributed by atoms with Crippen molar-refractivity contribution in [3.8, 4) is 5.75 Å². The molecule has 8 nitrogen and oxygen atoms in total. The summed E-state index contributed by atoms with van der Waals surface area (Å²) in [6, 6.07) is 6.33. The van der Waals surface area contributed by atoms with Gasteiger partial charge in [0, 0.05) is 44.6 Å². The molecule has 0 radical (unpaired) electrons. The van der Waals surface area contributed by atoms with Crippen LogP contribution in [0, 0.1) is 12.8 Å². The average Bonchev–Trinajstić information content (AvgIpc) is 3.43. The second-order valence-corrected chi connectivity index (χ2v) is 8.07. The molecule has 1 aromatic heterocycles. The van der Waals surface area contributed by atoms with Gasteiger partial charge in [-0.2, -0.15) is 0 Å². The number of benzene rings is 1. The zero-order chi connectivity index (χ0) is 20.8. The van der Waals surface area contributed by atoms with Gasteiger partial charge in [-0.25, -0.2) is 0 Å². The third kappa shape index (κ3) is 5.11. The van der Waals surface area contributed by atoms with Crippen LogP contribution >= 0.6 is 0 Å². The normalized spacial score (nSPS) is 18.9. The third-order valence-electron chi connectivity index (χ3n) is 5.74. The lowest BCUT2D eigenvalue weighted by molar-refractivity contribution is 0.166. The van der Waals surface area contributed by atoms with E-state index in [1.54, 1.807) is 7.05 Å². The molecule has 1 saturated heterocycles. The maximum Gasteiger partial charge on any atom is 0.191 e. The van der Waals surface area contributed by atoms with Crippen LogP contribution < -0.4 is 15.4 Å². The first-order valence-electron chi connectivity index (χ1n) is 10.9. The van der Waals surface area contributed by atoms with Gasteiger partial charge in [-0.1, -0.05) is 12.1 Å². The molecule has 8 heteroatoms. The van der Waals surface area contributed by atoms with Crippen molar-refractivity contribution in [2.75, 3.05) is 26.9 Å². The van der Waals surface area contributed by atoms with E-state index in [0.717, 1.165) is 61.5 Å². The molecular weight excluding hydrogens is 380 g/mol. The quantitative estimate of drug-likeness (QED) is 0.536. The van der Waals surface area contributed by atoms with Crippen LogP contribution in [-0.4, -0.2) is 47.6 Å². The van der Waals surface area contributed by atoms with E-state index in [9.17, 15) is 0 Å². The highest BCUT2D eigenvalue weighted by atomic mass is 16.5. The summed E-state index contributed by atoms with van der Waals surface area (Å²) in [7, 11) is 1.78. The van der Waals surface area contributed by atoms with Crippen molar-refractivity contribution in [2.24, 2.45) is 10.9 Å². The van der Waals surface area contributed by atoms with E-state index in [1.807, 2.05) is 0 Å². The molecule has 1 unspecified atom stereocenters. The molecule has 0 aliphatic carbocycles. The number of hydrogen-bond acceptors (Lipinski definition) is 5. The van der Waals surface area contributed by atoms with Gasteiger partial charge >= 0.3 is 0 Å². The van der Waals surface area contributed by atoms with Gasteiger partial charge < -0.3 is 24.7 Å². The molecule has 0 spiro atoms. The number of guanidine groups is 1. The summed E-state index contributed by atoms with van der Waals surface area (Å²) in [6.45, 7) is 6.65. The Morgan fingerprint density at radius 2 is 2.17 bits per heavy atom. The Morgan fingerprint density at radius 1 is 1.27 bits per heavy atom. The van der Waals surface area contributed by atoms with E-state index in [-0.39, 0.29) is 0 Å². The second kappa shape index (κ2) is 9.93. The standard InChI is InChI=1S/C22H32N6O2/c1-16-6-7-18(19(11-16)30-15-17-8-10-29-14-17)12-24-22(23-2)25-13-21-27-26-20-5-3-4-9-28(20)21/h6-7,11,17H,3-5,8-10,12-15H2,1-2H3,(H2,23,24,25). The molecular formula is C22H32N6O2. The number of nitrogens with zero attached hydrogens (tertiary/aromatic N) is 4. The summed E-state index contributed by atoms with van der Waals surface area (Å²) >= 11 is 0. The zero-order valence-corrected chi connectivity index (χ0v) is 18.0. The zero-order valence-electron chi connectivity index (χ0n) is 18.0. The summed E-state index contributed by atoms with van der Waals surface area (Å²) in [5, 5.41) is 15.4. The van der Waals surface area contributed by atoms with E-state index in [4.69, 9.17) is 9.47 Å². The molecule has 1 atom stereocenters. The first kappa shape index (κ1) is 20.7. The molecule has 162 valence electrons. The molecule has 0 amide bonds. The van der Waals surface area contributed by atoms with E-state index >= 15 is 0 Å². The van der Waals surface area contributed by atoms with Crippen LogP contribution in [0.25, 0.3) is 0 Å². The van der Waals surface area contributed by atoms with Crippen molar-refractivity contribution in [1.29, 1.82) is 0 Å². The van der Waals surface area contributed by atoms with Gasteiger partial charge in [0.05, 0.1) is 19.8 Å². The van der Waals surface area contributed by atoms with Crippen LogP contribution in [0.15, 0.2) is 23.2 Å². The van der Waals surface area contributed by atoms with Crippen molar-refractivity contribution in [3.05, 3.63) is 41.0 Å². The molecule has 0 bridgehead atoms. The molecule has 2 aliphatic rings. The van der Waals surface area contributed by atoms with Crippen molar-refractivity contribution in [3.63, 3.8) is 0 Å². The van der Waals surface area contributed by atoms with Crippen LogP contribution in [0.2, 0.25) is 0 Å². The summed E-state index contributed by atoms with van der Waals surface area (Å²) in [5.41, 5.74) is 2.30. The lowest BCUT2D eigenvalue weighted by Crippen LogP contribution is -2.37. The Balaban J connectivity index is 1.33. The van der Waals surface area contributed by atoms with Gasteiger partial charge in [0.1, 0.15) is 11.6 Å². The van der Waals surface area contributed by atoms with Gasteiger partial charge in [-0.3, -0.25) is 4.99 Å². The van der Waals surface area contributed by atoms with Crippen molar-refractivity contribution < 1.29 is 9.47 Å². The Hall–Kier alpha value is -2.61. The molecule has 2 N–H and O–H groups in total. The fourth-order valence-corrected chi connectivity index (χ4v) is 3.93. The predicted molar refractivity (Wildman–Crippen MR) is 116 cm³/mol. The van der Waals surface area contributed by atoms with Crippen LogP contribution in [0.4, 0.5) is 0 Å². The Kier molecular flexibility index (Phi) is 6.84. The monoisotopic (exact) mass is 412 g/mol. The summed E-state index contributed by atoms with van der Waals surface area (Å²) in [5.74, 6) is 4.20. The number of nitrogens with one attached hydrogen (secondary N) is 2. The second-order valence-electron chi connectivity index (χ2n) is 8.07. The fourth-order valence-electron chi connectivity index (χ4n) is 3.93. The minimum Gasteiger partial charge on any atom is -0.493 e. The highest BCUT2D eigenvalue weighted by Gasteiger charge is 2.18. The van der Waals surface area contributed by atoms with Crippen molar-refractivity contribution in [1.82, 2.24) is 25.4 Å². The van der Waals surface area contributed by atoms with Crippen LogP contribution in [0.3, 0.4) is 0 Å². The number of hydrogen-bond donors (Lipinski definition) is 2. The lowest BCUT2D eigenvalue weighted by Gasteiger charge is -2.17. The van der Waals surface area contributed by atoms with Crippen LogP contribution in [0.1, 0.15) is 42.0 Å². The SMILES string of the molecule is CN=C(NCc1ccc(C)cc1OCC1CCOC1)NCc1nnc2n1CCCC2. The Morgan fingerprint density at radius 3 is 3.00 bits per heavy atom. The first-order chi connectivity index (χ1) is 14.7. The summed E-state index contributed by atoms with van der Waals surface area (Å²) in [6.07, 6.45) is 4.48. The molecule has 2 aromatic rings. The number of ether oxygens (including phenoxy) is 2. The molecule has 2 aliphatic heterocycles. The molecule has 4 rings (SSSR count). The molecule has 30 heavy (non-hydrogen) atoms. The van der Waals surface area contributed by atoms with E-state index in [2.05, 4.69) is 55.5 Å². The van der Waals surface area contributed by atoms with Crippen molar-refractivity contribution >= 4 is 5.96 Å². The minimum atomic E-state index is 0.481. The maximum absolute atomic E-state index is 6.15. The third-order valence-corrected chi connectivity index (χ3v) is 5.74. The van der Waals surface area contributed by atoms with E-state index in [0.29, 0.717) is 25.6 Å². The Bertz CT molecular complexity index is 873. The Labute approximate surface area is 178 Å². The summed E-state index contributed by atoms with van der Waals surface area (Å²) < 4.78 is 13.8. The van der Waals surface area contributed by atoms with Gasteiger partial charge in [-0.15, -0.1) is 10.2 Å². The maximum atomic E-state index is 6.15. The largest absolute Gasteiger partial charge is 0.493 e. The topological polar surface area (TPSA) is 85.6 Å². The fraction of sp³-hybridized carbons (Fsp3) is 0.591. The van der Waals surface area contributed by atoms with Crippen LogP contribution in [-0.2, 0) is 30.8 Å². The first-order valence-corrected chi connectivity index (χ1v) is 10.9. The van der Waals surface area contributed by atoms with Gasteiger partial charge in [0.2, 0.25) is 0 Å². The van der Waals surface area contributed by atoms with E-state index < -0.39 is 0 Å². The molecule has 0 saturated carbocycles. The molecule has 1 aromatic carbocycles. The lowest BCUT2D eigenvalue weighted by atomic mass is 10.1. The van der Waals surface area contributed by atoms with Crippen molar-refractivity contribution in [2.45, 2.75) is 52.2 Å². The number of rotatable bonds is 7. The predicted octanol–water partition coefficient (Wildman–Crippen LogP) is 2.20. The van der Waals surface area contributed by atoms with E-state index in [1.165, 1.54) is 18.4 Å². The molecule has 1 fully saturated rings. The van der Waals surface area contributed by atoms with Crippen LogP contribution in [0.5, 0.6) is 5.75 Å². The summed E-state index contributed by atoms with van der Waals surface area (Å²) in [4.78, 5) is 4.35. The number of aromatic nitrogens is 3. The average molecular weight is 413 g/mol. The van der Waals surface area contributed by atoms with Gasteiger partial charge in [0.25, 0.3) is 0 Å². The molecule has 3 heterocycles. The number of aliphatic imine (C=N–C) groups is 1. The number of aryl methyl sites for hydroxylation is 2. The minimum absolute atomic E-state index is 0.481. The number of fused-ring (bicyclic) bond motifs is 1. The van der Waals surface area contributed by atoms with Gasteiger partial charge in [-0.05, 0) is 37.8 Å².